The van der Waals surface area contributed by atoms with Crippen molar-refractivity contribution < 1.29 is 13.3 Å². The van der Waals surface area contributed by atoms with E-state index < -0.39 is 8.80 Å². The van der Waals surface area contributed by atoms with E-state index in [9.17, 15) is 0 Å². The zero-order valence-electron chi connectivity index (χ0n) is 12.2. The molecule has 0 heterocycles. The molecular weight excluding hydrogens is 359 g/mol. The first-order chi connectivity index (χ1) is 8.74. The van der Waals surface area contributed by atoms with Gasteiger partial charge in [0.15, 0.2) is 0 Å². The molecule has 0 radical (unpaired) electrons. The first-order valence-corrected chi connectivity index (χ1v) is 10.4. The summed E-state index contributed by atoms with van der Waals surface area (Å²) in [5.74, 6) is 0. The van der Waals surface area contributed by atoms with Crippen LogP contribution < -0.4 is 0 Å². The Bertz CT molecular complexity index is 169. The minimum Gasteiger partial charge on any atom is -0.377 e. The van der Waals surface area contributed by atoms with Gasteiger partial charge < -0.3 is 13.3 Å². The van der Waals surface area contributed by atoms with Gasteiger partial charge >= 0.3 is 8.80 Å². The molecule has 5 heteroatoms. The van der Waals surface area contributed by atoms with Gasteiger partial charge in [-0.05, 0) is 17.3 Å². The largest absolute Gasteiger partial charge is 0.500 e. The van der Waals surface area contributed by atoms with E-state index in [1.807, 2.05) is 0 Å². The molecule has 0 fully saturated rings. The van der Waals surface area contributed by atoms with Crippen molar-refractivity contribution in [3.63, 3.8) is 0 Å². The summed E-state index contributed by atoms with van der Waals surface area (Å²) in [5, 5.41) is 0. The van der Waals surface area contributed by atoms with Crippen LogP contribution in [0.4, 0.5) is 0 Å². The van der Waals surface area contributed by atoms with Crippen LogP contribution in [-0.2, 0) is 13.3 Å². The van der Waals surface area contributed by atoms with E-state index in [0.717, 1.165) is 12.5 Å². The van der Waals surface area contributed by atoms with Crippen molar-refractivity contribution in [2.24, 2.45) is 0 Å². The molecule has 0 aliphatic carbocycles. The average Bonchev–Trinajstić information content (AvgIpc) is 2.42. The van der Waals surface area contributed by atoms with Gasteiger partial charge in [-0.1, -0.05) is 61.1 Å². The Morgan fingerprint density at radius 1 is 0.667 bits per heavy atom. The Labute approximate surface area is 127 Å². The molecule has 0 atom stereocenters. The highest BCUT2D eigenvalue weighted by atomic mass is 127. The maximum absolute atomic E-state index is 5.40. The van der Waals surface area contributed by atoms with Crippen molar-refractivity contribution >= 4 is 31.4 Å². The van der Waals surface area contributed by atoms with E-state index in [2.05, 4.69) is 22.6 Å². The van der Waals surface area contributed by atoms with E-state index in [1.165, 1.54) is 49.4 Å². The number of hydrogen-bond acceptors (Lipinski definition) is 3. The van der Waals surface area contributed by atoms with Crippen molar-refractivity contribution in [1.29, 1.82) is 0 Å². The molecule has 0 N–H and O–H groups in total. The highest BCUT2D eigenvalue weighted by molar-refractivity contribution is 14.1. The van der Waals surface area contributed by atoms with Gasteiger partial charge in [-0.25, -0.2) is 0 Å². The van der Waals surface area contributed by atoms with Crippen molar-refractivity contribution in [1.82, 2.24) is 0 Å². The van der Waals surface area contributed by atoms with E-state index in [1.54, 1.807) is 21.3 Å². The standard InChI is InChI=1S/C13H29IO3Si/c1-15-18(16-2,17-3)13-11-9-7-5-4-6-8-10-12-14/h4-13H2,1-3H3. The Hall–Kier alpha value is 0.827. The van der Waals surface area contributed by atoms with Crippen LogP contribution in [0.2, 0.25) is 6.04 Å². The minimum atomic E-state index is -2.30. The van der Waals surface area contributed by atoms with Gasteiger partial charge in [-0.15, -0.1) is 0 Å². The second-order valence-corrected chi connectivity index (χ2v) is 8.73. The molecule has 3 nitrogen and oxygen atoms in total. The summed E-state index contributed by atoms with van der Waals surface area (Å²) in [7, 11) is 2.76. The molecule has 0 aliphatic heterocycles. The molecule has 0 saturated heterocycles. The van der Waals surface area contributed by atoms with Gasteiger partial charge in [-0.2, -0.15) is 0 Å². The van der Waals surface area contributed by atoms with Crippen molar-refractivity contribution in [2.45, 2.75) is 57.4 Å². The number of hydrogen-bond donors (Lipinski definition) is 0. The van der Waals surface area contributed by atoms with E-state index in [0.29, 0.717) is 0 Å². The van der Waals surface area contributed by atoms with Crippen LogP contribution in [0.1, 0.15) is 51.4 Å². The average molecular weight is 388 g/mol. The van der Waals surface area contributed by atoms with Gasteiger partial charge in [0.2, 0.25) is 0 Å². The van der Waals surface area contributed by atoms with Gasteiger partial charge in [-0.3, -0.25) is 0 Å². The Balaban J connectivity index is 3.38. The molecule has 0 bridgehead atoms. The molecule has 0 aromatic rings. The van der Waals surface area contributed by atoms with E-state index in [4.69, 9.17) is 13.3 Å². The Kier molecular flexibility index (Phi) is 13.4. The number of alkyl halides is 1. The fourth-order valence-electron chi connectivity index (χ4n) is 2.05. The van der Waals surface area contributed by atoms with Crippen molar-refractivity contribution in [3.05, 3.63) is 0 Å². The summed E-state index contributed by atoms with van der Waals surface area (Å²) in [4.78, 5) is 0. The predicted molar refractivity (Wildman–Crippen MR) is 87.4 cm³/mol. The number of halogens is 1. The summed E-state index contributed by atoms with van der Waals surface area (Å²) in [6.45, 7) is 0. The fraction of sp³-hybridized carbons (Fsp3) is 1.00. The SMILES string of the molecule is CO[Si](CCCCCCCCCCI)(OC)OC. The zero-order chi connectivity index (χ0) is 13.7. The van der Waals surface area contributed by atoms with E-state index >= 15 is 0 Å². The second kappa shape index (κ2) is 12.8. The summed E-state index contributed by atoms with van der Waals surface area (Å²) in [5.41, 5.74) is 0. The van der Waals surface area contributed by atoms with Crippen LogP contribution >= 0.6 is 22.6 Å². The molecule has 0 saturated carbocycles. The van der Waals surface area contributed by atoms with Crippen LogP contribution in [0.5, 0.6) is 0 Å². The molecule has 110 valence electrons. The molecule has 0 spiro atoms. The van der Waals surface area contributed by atoms with Gasteiger partial charge in [0.25, 0.3) is 0 Å². The highest BCUT2D eigenvalue weighted by Crippen LogP contribution is 2.18. The van der Waals surface area contributed by atoms with Crippen LogP contribution in [0.15, 0.2) is 0 Å². The lowest BCUT2D eigenvalue weighted by atomic mass is 10.1. The van der Waals surface area contributed by atoms with Gasteiger partial charge in [0.1, 0.15) is 0 Å². The summed E-state index contributed by atoms with van der Waals surface area (Å²) < 4.78 is 17.5. The first-order valence-electron chi connectivity index (χ1n) is 6.96. The van der Waals surface area contributed by atoms with Crippen LogP contribution in [0, 0.1) is 0 Å². The smallest absolute Gasteiger partial charge is 0.377 e. The van der Waals surface area contributed by atoms with Crippen molar-refractivity contribution in [3.8, 4) is 0 Å². The third kappa shape index (κ3) is 8.85. The molecule has 0 amide bonds. The van der Waals surface area contributed by atoms with Crippen LogP contribution in [-0.4, -0.2) is 34.6 Å². The third-order valence-corrected chi connectivity index (χ3v) is 6.89. The molecule has 0 aliphatic rings. The minimum absolute atomic E-state index is 0.936. The number of rotatable bonds is 13. The normalized spacial score (nSPS) is 12.0. The maximum Gasteiger partial charge on any atom is 0.500 e. The molecule has 0 aromatic carbocycles. The first kappa shape index (κ1) is 18.8. The summed E-state index contributed by atoms with van der Waals surface area (Å²) in [6, 6.07) is 0.936. The lowest BCUT2D eigenvalue weighted by molar-refractivity contribution is 0.122. The van der Waals surface area contributed by atoms with Crippen LogP contribution in [0.25, 0.3) is 0 Å². The van der Waals surface area contributed by atoms with Crippen molar-refractivity contribution in [2.75, 3.05) is 25.8 Å². The Morgan fingerprint density at radius 2 is 1.06 bits per heavy atom. The second-order valence-electron chi connectivity index (χ2n) is 4.56. The predicted octanol–water partition coefficient (Wildman–Crippen LogP) is 4.42. The lowest BCUT2D eigenvalue weighted by Gasteiger charge is -2.24. The quantitative estimate of drug-likeness (QED) is 0.202. The highest BCUT2D eigenvalue weighted by Gasteiger charge is 2.36. The third-order valence-electron chi connectivity index (χ3n) is 3.30. The molecule has 0 aromatic heterocycles. The Morgan fingerprint density at radius 3 is 1.44 bits per heavy atom. The molecule has 0 unspecified atom stereocenters. The monoisotopic (exact) mass is 388 g/mol. The molecule has 0 rings (SSSR count). The molecule has 18 heavy (non-hydrogen) atoms. The topological polar surface area (TPSA) is 27.7 Å². The molecular formula is C13H29IO3Si. The fourth-order valence-corrected chi connectivity index (χ4v) is 4.39. The van der Waals surface area contributed by atoms with Gasteiger partial charge in [0.05, 0.1) is 0 Å². The summed E-state index contributed by atoms with van der Waals surface area (Å²) in [6.07, 6.45) is 10.7. The summed E-state index contributed by atoms with van der Waals surface area (Å²) >= 11 is 2.45. The maximum atomic E-state index is 5.40. The van der Waals surface area contributed by atoms with Crippen LogP contribution in [0.3, 0.4) is 0 Å². The lowest BCUT2D eigenvalue weighted by Crippen LogP contribution is -2.42. The zero-order valence-corrected chi connectivity index (χ0v) is 15.3. The van der Waals surface area contributed by atoms with Gasteiger partial charge in [0, 0.05) is 27.4 Å². The number of unbranched alkanes of at least 4 members (excludes halogenated alkanes) is 7. The van der Waals surface area contributed by atoms with E-state index in [-0.39, 0.29) is 0 Å².